The van der Waals surface area contributed by atoms with Gasteiger partial charge in [-0.1, -0.05) is 61.4 Å². The number of hydrogen-bond acceptors (Lipinski definition) is 24. The van der Waals surface area contributed by atoms with Crippen molar-refractivity contribution in [2.24, 2.45) is 89.3 Å². The van der Waals surface area contributed by atoms with Gasteiger partial charge in [-0.2, -0.15) is 0 Å². The molecule has 0 spiro atoms. The summed E-state index contributed by atoms with van der Waals surface area (Å²) in [5, 5.41) is 12.8. The first-order valence-corrected chi connectivity index (χ1v) is 43.8. The fourth-order valence-electron chi connectivity index (χ4n) is 14.6. The average Bonchev–Trinajstić information content (AvgIpc) is 1.43. The van der Waals surface area contributed by atoms with Gasteiger partial charge in [0.2, 0.25) is 70.4 Å². The lowest BCUT2D eigenvalue weighted by Crippen LogP contribution is -2.59. The number of primary amides is 1. The summed E-state index contributed by atoms with van der Waals surface area (Å²) in [5.74, 6) is -4.38. The van der Waals surface area contributed by atoms with E-state index in [2.05, 4.69) is 61.2 Å². The number of carbonyl (C=O) groups excluding carboxylic acids is 12. The number of fused-ring (bicyclic) bond motifs is 4. The Morgan fingerprint density at radius 2 is 0.689 bits per heavy atom. The van der Waals surface area contributed by atoms with E-state index in [0.717, 1.165) is 73.0 Å². The normalized spacial score (nSPS) is 17.7. The number of guanidine groups is 4. The van der Waals surface area contributed by atoms with Crippen LogP contribution in [0.3, 0.4) is 0 Å². The Labute approximate surface area is 721 Å². The maximum Gasteiger partial charge on any atom is 0.243 e. The van der Waals surface area contributed by atoms with Crippen LogP contribution in [-0.2, 0) is 38.4 Å². The quantitative estimate of drug-likeness (QED) is 0.0115. The molecule has 1 saturated carbocycles. The van der Waals surface area contributed by atoms with Crippen LogP contribution in [0.4, 0.5) is 0 Å². The Hall–Kier alpha value is -12.0. The Balaban J connectivity index is 0.000000185. The van der Waals surface area contributed by atoms with Crippen molar-refractivity contribution >= 4 is 180 Å². The van der Waals surface area contributed by atoms with Gasteiger partial charge >= 0.3 is 0 Å². The van der Waals surface area contributed by atoms with Crippen molar-refractivity contribution in [3.05, 3.63) is 117 Å². The number of carbonyl (C=O) groups is 12. The van der Waals surface area contributed by atoms with Gasteiger partial charge in [-0.05, 0) is 151 Å². The van der Waals surface area contributed by atoms with Crippen LogP contribution in [0.2, 0.25) is 0 Å². The molecule has 0 bridgehead atoms. The summed E-state index contributed by atoms with van der Waals surface area (Å²) >= 11 is 5.20. The molecule has 4 aromatic carbocycles. The lowest BCUT2D eigenvalue weighted by Gasteiger charge is -2.39. The molecule has 36 nitrogen and oxygen atoms in total. The van der Waals surface area contributed by atoms with Gasteiger partial charge in [-0.25, -0.2) is 19.9 Å². The fraction of sp³-hybridized carbons (Fsp3) is 0.463. The molecule has 4 aliphatic rings. The minimum atomic E-state index is -0.780. The van der Waals surface area contributed by atoms with Crippen LogP contribution in [0, 0.1) is 17.8 Å². The zero-order valence-electron chi connectivity index (χ0n) is 68.5. The molecule has 3 saturated heterocycles. The standard InChI is InChI=1S/3C21H28N6O3S.C19H24N6O3S/c1-13(28)27-11-5-6-14(12-27)19(30)25-16(8-4-10-24-21(22)23)18(29)20-26-15-7-2-3-9-17(15)31-20;1-13(28)27-12-5-4-9-16(27)19(30)25-15(8-6-11-24-21(22)23)18(29)20-26-14-7-2-3-10-17(14)31-20;22-18(29)12-6-1-2-7-13(12)19(30)26-15(9-5-11-25-21(23)24)17(28)20-27-14-8-3-4-10-16(14)31-20;1-11(26)25-10-8-14(25)17(28)23-13(6-4-9-22-19(20)21)16(27)18-24-12-5-2-3-7-15(12)29-18/h2-3,7,9,14,16H,4-6,8,10-12H2,1H3,(H,25,30)(H4,22,23,24);2-3,7,10,15-16H,4-6,8-9,11-12H2,1H3,(H,25,30)(H4,22,23,24);3-4,8,10,12-13,15H,1-2,5-7,9,11H2,(H2,22,29)(H,26,30)(H4,23,24,25);2-3,5,7,13-14H,4,6,8-10H2,1H3,(H,23,28)(H4,20,21,22)/t14-,16?;15?,16-;;13?,14-/m10.0/s1. The molecule has 7 heterocycles. The Kier molecular flexibility index (Phi) is 35.5. The van der Waals surface area contributed by atoms with Gasteiger partial charge in [0.1, 0.15) is 12.1 Å². The first-order valence-electron chi connectivity index (χ1n) is 40.6. The van der Waals surface area contributed by atoms with E-state index >= 15 is 0 Å². The predicted molar refractivity (Wildman–Crippen MR) is 474 cm³/mol. The zero-order valence-corrected chi connectivity index (χ0v) is 71.7. The number of nitrogens with two attached hydrogens (primary N) is 9. The highest BCUT2D eigenvalue weighted by molar-refractivity contribution is 7.21. The number of likely N-dealkylation sites (tertiary alicyclic amines) is 3. The molecule has 1 aliphatic carbocycles. The highest BCUT2D eigenvalue weighted by Crippen LogP contribution is 2.33. The Morgan fingerprint density at radius 3 is 1.01 bits per heavy atom. The summed E-state index contributed by atoms with van der Waals surface area (Å²) in [6.45, 7) is 7.94. The van der Waals surface area contributed by atoms with Crippen LogP contribution >= 0.6 is 45.3 Å². The molecular formula is C82H108N24O12S4. The van der Waals surface area contributed by atoms with Crippen LogP contribution < -0.4 is 72.9 Å². The molecule has 6 unspecified atom stereocenters. The number of thiazole rings is 4. The minimum Gasteiger partial charge on any atom is -0.370 e. The van der Waals surface area contributed by atoms with Crippen LogP contribution in [0.25, 0.3) is 40.9 Å². The third kappa shape index (κ3) is 27.2. The third-order valence-electron chi connectivity index (χ3n) is 21.0. The zero-order chi connectivity index (χ0) is 88.1. The van der Waals surface area contributed by atoms with Crippen LogP contribution in [-0.4, -0.2) is 217 Å². The van der Waals surface area contributed by atoms with E-state index in [1.807, 2.05) is 97.1 Å². The molecule has 22 N–H and O–H groups in total. The topological polar surface area (TPSA) is 598 Å². The monoisotopic (exact) mass is 1750 g/mol. The van der Waals surface area contributed by atoms with Crippen LogP contribution in [0.1, 0.15) is 176 Å². The largest absolute Gasteiger partial charge is 0.370 e. The van der Waals surface area contributed by atoms with Gasteiger partial charge in [-0.3, -0.25) is 77.5 Å². The Bertz CT molecular complexity index is 4870. The number of para-hydroxylation sites is 4. The number of ketones is 4. The molecule has 9 atom stereocenters. The van der Waals surface area contributed by atoms with E-state index in [0.29, 0.717) is 156 Å². The van der Waals surface area contributed by atoms with Gasteiger partial charge in [0.25, 0.3) is 0 Å². The molecule has 3 aliphatic heterocycles. The summed E-state index contributed by atoms with van der Waals surface area (Å²) in [7, 11) is 0. The number of nitrogens with zero attached hydrogens (tertiary/aromatic N) is 11. The van der Waals surface area contributed by atoms with E-state index < -0.39 is 54.0 Å². The maximum atomic E-state index is 13.2. The van der Waals surface area contributed by atoms with Crippen molar-refractivity contribution in [2.75, 3.05) is 52.4 Å². The molecule has 4 aromatic heterocycles. The van der Waals surface area contributed by atoms with E-state index in [4.69, 9.17) is 51.6 Å². The second kappa shape index (κ2) is 46.1. The van der Waals surface area contributed by atoms with Crippen LogP contribution in [0.5, 0.6) is 0 Å². The number of Topliss-reactive ketones (excluding diaryl/α,β-unsaturated/α-hetero) is 4. The number of piperidine rings is 2. The number of benzene rings is 4. The molecule has 652 valence electrons. The summed E-state index contributed by atoms with van der Waals surface area (Å²) in [5.41, 5.74) is 51.4. The predicted octanol–water partition coefficient (Wildman–Crippen LogP) is 4.64. The Morgan fingerprint density at radius 1 is 0.369 bits per heavy atom. The molecule has 4 fully saturated rings. The second-order valence-electron chi connectivity index (χ2n) is 29.9. The molecule has 0 radical (unpaired) electrons. The number of amides is 8. The smallest absolute Gasteiger partial charge is 0.243 e. The minimum absolute atomic E-state index is 0.00962. The summed E-state index contributed by atoms with van der Waals surface area (Å²) in [6.07, 6.45) is 10.8. The summed E-state index contributed by atoms with van der Waals surface area (Å²) < 4.78 is 3.63. The van der Waals surface area contributed by atoms with E-state index in [-0.39, 0.29) is 94.2 Å². The second-order valence-corrected chi connectivity index (χ2v) is 34.0. The van der Waals surface area contributed by atoms with Crippen molar-refractivity contribution in [1.29, 1.82) is 0 Å². The molecule has 8 aromatic rings. The van der Waals surface area contributed by atoms with Crippen molar-refractivity contribution in [3.8, 4) is 0 Å². The van der Waals surface area contributed by atoms with Gasteiger partial charge in [0, 0.05) is 85.0 Å². The van der Waals surface area contributed by atoms with Crippen molar-refractivity contribution < 1.29 is 57.5 Å². The number of hydrogen-bond donors (Lipinski definition) is 13. The maximum absolute atomic E-state index is 13.2. The average molecular weight is 1750 g/mol. The van der Waals surface area contributed by atoms with Crippen molar-refractivity contribution in [3.63, 3.8) is 0 Å². The number of rotatable bonds is 33. The highest BCUT2D eigenvalue weighted by atomic mass is 32.1. The van der Waals surface area contributed by atoms with Gasteiger partial charge < -0.3 is 87.6 Å². The molecule has 40 heteroatoms. The van der Waals surface area contributed by atoms with E-state index in [1.165, 1.54) is 71.0 Å². The lowest BCUT2D eigenvalue weighted by atomic mass is 9.78. The van der Waals surface area contributed by atoms with Crippen LogP contribution in [0.15, 0.2) is 117 Å². The van der Waals surface area contributed by atoms with E-state index in [9.17, 15) is 57.5 Å². The summed E-state index contributed by atoms with van der Waals surface area (Å²) in [6, 6.07) is 25.9. The molecule has 8 amide bonds. The summed E-state index contributed by atoms with van der Waals surface area (Å²) in [4.78, 5) is 190. The highest BCUT2D eigenvalue weighted by Gasteiger charge is 2.41. The van der Waals surface area contributed by atoms with E-state index in [1.54, 1.807) is 9.80 Å². The number of nitrogens with one attached hydrogen (secondary N) is 4. The van der Waals surface area contributed by atoms with Crippen molar-refractivity contribution in [1.82, 2.24) is 55.9 Å². The molecule has 122 heavy (non-hydrogen) atoms. The SMILES string of the molecule is CC(=O)N1CCCC[C@H]1C(=O)NC(CCCN=C(N)N)C(=O)c1nc2ccccc2s1.CC(=O)N1CCC[C@@H](C(=O)NC(CCCN=C(N)N)C(=O)c2nc3ccccc3s2)C1.CC(=O)N1CC[C@H]1C(=O)NC(CCCN=C(N)N)C(=O)c1nc2ccccc2s1.NC(=O)C1CCCCC1C(=O)NC(CCCN=C(N)N)C(=O)c1nc2ccccc2s1. The first kappa shape index (κ1) is 93.8. The van der Waals surface area contributed by atoms with Gasteiger partial charge in [0.15, 0.2) is 43.9 Å². The third-order valence-corrected chi connectivity index (χ3v) is 25.2. The first-order chi connectivity index (χ1) is 58.4. The van der Waals surface area contributed by atoms with Gasteiger partial charge in [-0.15, -0.1) is 45.3 Å². The molecular weight excluding hydrogens is 1640 g/mol. The van der Waals surface area contributed by atoms with Crippen molar-refractivity contribution in [2.45, 2.75) is 173 Å². The lowest BCUT2D eigenvalue weighted by molar-refractivity contribution is -0.145. The molecule has 12 rings (SSSR count). The number of aliphatic imine (C=N–C) groups is 4. The van der Waals surface area contributed by atoms with Gasteiger partial charge in [0.05, 0.1) is 71.0 Å². The fourth-order valence-corrected chi connectivity index (χ4v) is 18.4. The number of aromatic nitrogens is 4.